The van der Waals surface area contributed by atoms with Crippen LogP contribution in [0.25, 0.3) is 0 Å². The van der Waals surface area contributed by atoms with Gasteiger partial charge in [-0.1, -0.05) is 52.0 Å². The largest absolute Gasteiger partial charge is 0.271 e. The van der Waals surface area contributed by atoms with Crippen molar-refractivity contribution in [3.05, 3.63) is 35.4 Å². The first-order valence-electron chi connectivity index (χ1n) is 7.15. The first-order chi connectivity index (χ1) is 9.02. The first-order valence-corrected chi connectivity index (χ1v) is 8.31. The second kappa shape index (κ2) is 8.62. The standard InChI is InChI=1S/C16H28N2S/c1-12(2)10-19-11-16(18-17)9-14-5-7-15(8-6-14)13(3)4/h5-8,12-13,16,18H,9-11,17H2,1-4H3. The summed E-state index contributed by atoms with van der Waals surface area (Å²) in [6, 6.07) is 9.28. The van der Waals surface area contributed by atoms with Crippen molar-refractivity contribution in [2.45, 2.75) is 46.1 Å². The Morgan fingerprint density at radius 2 is 1.68 bits per heavy atom. The average molecular weight is 280 g/mol. The SMILES string of the molecule is CC(C)CSCC(Cc1ccc(C(C)C)cc1)NN. The van der Waals surface area contributed by atoms with Crippen LogP contribution in [0, 0.1) is 5.92 Å². The molecular formula is C16H28N2S. The van der Waals surface area contributed by atoms with Crippen LogP contribution in [-0.4, -0.2) is 17.5 Å². The van der Waals surface area contributed by atoms with Crippen LogP contribution in [0.5, 0.6) is 0 Å². The van der Waals surface area contributed by atoms with E-state index in [0.717, 1.165) is 18.1 Å². The topological polar surface area (TPSA) is 38.0 Å². The molecule has 0 heterocycles. The van der Waals surface area contributed by atoms with Gasteiger partial charge >= 0.3 is 0 Å². The molecule has 0 aliphatic heterocycles. The minimum absolute atomic E-state index is 0.355. The molecule has 3 N–H and O–H groups in total. The lowest BCUT2D eigenvalue weighted by Crippen LogP contribution is -2.38. The molecule has 0 spiro atoms. The maximum Gasteiger partial charge on any atom is 0.0341 e. The number of thioether (sulfide) groups is 1. The molecule has 0 radical (unpaired) electrons. The van der Waals surface area contributed by atoms with E-state index < -0.39 is 0 Å². The fourth-order valence-electron chi connectivity index (χ4n) is 1.94. The normalized spacial score (nSPS) is 13.2. The molecule has 2 nitrogen and oxygen atoms in total. The highest BCUT2D eigenvalue weighted by Gasteiger charge is 2.09. The predicted octanol–water partition coefficient (Wildman–Crippen LogP) is 3.57. The molecule has 0 aliphatic carbocycles. The van der Waals surface area contributed by atoms with Gasteiger partial charge in [-0.2, -0.15) is 11.8 Å². The number of hydrazine groups is 1. The lowest BCUT2D eigenvalue weighted by molar-refractivity contribution is 0.574. The summed E-state index contributed by atoms with van der Waals surface area (Å²) < 4.78 is 0. The van der Waals surface area contributed by atoms with Gasteiger partial charge in [0, 0.05) is 11.8 Å². The number of hydrogen-bond acceptors (Lipinski definition) is 3. The van der Waals surface area contributed by atoms with Crippen LogP contribution in [0.3, 0.4) is 0 Å². The zero-order chi connectivity index (χ0) is 14.3. The molecule has 0 saturated carbocycles. The Morgan fingerprint density at radius 1 is 1.05 bits per heavy atom. The molecule has 0 aliphatic rings. The van der Waals surface area contributed by atoms with Crippen LogP contribution in [0.15, 0.2) is 24.3 Å². The van der Waals surface area contributed by atoms with Crippen LogP contribution in [0.4, 0.5) is 0 Å². The van der Waals surface area contributed by atoms with E-state index in [0.29, 0.717) is 12.0 Å². The summed E-state index contributed by atoms with van der Waals surface area (Å²) in [7, 11) is 0. The van der Waals surface area contributed by atoms with Crippen molar-refractivity contribution in [1.29, 1.82) is 0 Å². The van der Waals surface area contributed by atoms with E-state index in [9.17, 15) is 0 Å². The number of rotatable bonds is 8. The van der Waals surface area contributed by atoms with Gasteiger partial charge in [0.1, 0.15) is 0 Å². The fraction of sp³-hybridized carbons (Fsp3) is 0.625. The third kappa shape index (κ3) is 6.46. The van der Waals surface area contributed by atoms with E-state index in [1.807, 2.05) is 11.8 Å². The number of hydrogen-bond donors (Lipinski definition) is 2. The highest BCUT2D eigenvalue weighted by atomic mass is 32.2. The highest BCUT2D eigenvalue weighted by Crippen LogP contribution is 2.16. The molecule has 1 aromatic carbocycles. The minimum Gasteiger partial charge on any atom is -0.271 e. The summed E-state index contributed by atoms with van der Waals surface area (Å²) in [6.07, 6.45) is 1.000. The van der Waals surface area contributed by atoms with Crippen LogP contribution < -0.4 is 11.3 Å². The summed E-state index contributed by atoms with van der Waals surface area (Å²) in [6.45, 7) is 8.95. The van der Waals surface area contributed by atoms with Gasteiger partial charge in [-0.15, -0.1) is 0 Å². The van der Waals surface area contributed by atoms with E-state index in [1.54, 1.807) is 0 Å². The molecular weight excluding hydrogens is 252 g/mol. The lowest BCUT2D eigenvalue weighted by Gasteiger charge is -2.16. The predicted molar refractivity (Wildman–Crippen MR) is 87.5 cm³/mol. The monoisotopic (exact) mass is 280 g/mol. The zero-order valence-electron chi connectivity index (χ0n) is 12.6. The van der Waals surface area contributed by atoms with Crippen molar-refractivity contribution in [3.63, 3.8) is 0 Å². The second-order valence-corrected chi connectivity index (χ2v) is 6.97. The van der Waals surface area contributed by atoms with E-state index in [2.05, 4.69) is 57.4 Å². The zero-order valence-corrected chi connectivity index (χ0v) is 13.5. The molecule has 1 unspecified atom stereocenters. The van der Waals surface area contributed by atoms with Crippen molar-refractivity contribution < 1.29 is 0 Å². The minimum atomic E-state index is 0.355. The molecule has 108 valence electrons. The Bertz CT molecular complexity index is 346. The summed E-state index contributed by atoms with van der Waals surface area (Å²) in [5, 5.41) is 0. The van der Waals surface area contributed by atoms with Gasteiger partial charge in [0.05, 0.1) is 0 Å². The smallest absolute Gasteiger partial charge is 0.0341 e. The molecule has 19 heavy (non-hydrogen) atoms. The Labute approximate surface area is 122 Å². The van der Waals surface area contributed by atoms with E-state index in [1.165, 1.54) is 16.9 Å². The molecule has 1 rings (SSSR count). The summed E-state index contributed by atoms with van der Waals surface area (Å²) in [4.78, 5) is 0. The Morgan fingerprint density at radius 3 is 2.16 bits per heavy atom. The van der Waals surface area contributed by atoms with Gasteiger partial charge < -0.3 is 0 Å². The van der Waals surface area contributed by atoms with Gasteiger partial charge in [-0.25, -0.2) is 0 Å². The van der Waals surface area contributed by atoms with Crippen LogP contribution in [0.2, 0.25) is 0 Å². The average Bonchev–Trinajstić information content (AvgIpc) is 2.37. The third-order valence-corrected chi connectivity index (χ3v) is 4.67. The third-order valence-electron chi connectivity index (χ3n) is 3.13. The Balaban J connectivity index is 2.46. The van der Waals surface area contributed by atoms with E-state index in [4.69, 9.17) is 5.84 Å². The van der Waals surface area contributed by atoms with Crippen molar-refractivity contribution in [1.82, 2.24) is 5.43 Å². The van der Waals surface area contributed by atoms with E-state index in [-0.39, 0.29) is 0 Å². The van der Waals surface area contributed by atoms with Crippen molar-refractivity contribution in [2.24, 2.45) is 11.8 Å². The lowest BCUT2D eigenvalue weighted by atomic mass is 9.99. The molecule has 1 aromatic rings. The van der Waals surface area contributed by atoms with Gasteiger partial charge in [0.2, 0.25) is 0 Å². The van der Waals surface area contributed by atoms with Crippen molar-refractivity contribution in [2.75, 3.05) is 11.5 Å². The number of nitrogens with one attached hydrogen (secondary N) is 1. The summed E-state index contributed by atoms with van der Waals surface area (Å²) in [5.74, 6) is 9.26. The van der Waals surface area contributed by atoms with Crippen molar-refractivity contribution >= 4 is 11.8 Å². The Hall–Kier alpha value is -0.510. The quantitative estimate of drug-likeness (QED) is 0.565. The van der Waals surface area contributed by atoms with Gasteiger partial charge in [0.25, 0.3) is 0 Å². The molecule has 0 aromatic heterocycles. The molecule has 1 atom stereocenters. The van der Waals surface area contributed by atoms with Gasteiger partial charge in [0.15, 0.2) is 0 Å². The highest BCUT2D eigenvalue weighted by molar-refractivity contribution is 7.99. The molecule has 0 amide bonds. The van der Waals surface area contributed by atoms with Gasteiger partial charge in [-0.3, -0.25) is 11.3 Å². The number of nitrogens with two attached hydrogens (primary N) is 1. The van der Waals surface area contributed by atoms with Crippen LogP contribution in [0.1, 0.15) is 44.7 Å². The van der Waals surface area contributed by atoms with Crippen LogP contribution >= 0.6 is 11.8 Å². The maximum absolute atomic E-state index is 5.65. The summed E-state index contributed by atoms with van der Waals surface area (Å²) >= 11 is 1.98. The summed E-state index contributed by atoms with van der Waals surface area (Å²) in [5.41, 5.74) is 5.70. The molecule has 3 heteroatoms. The maximum atomic E-state index is 5.65. The Kier molecular flexibility index (Phi) is 7.51. The number of benzene rings is 1. The second-order valence-electron chi connectivity index (χ2n) is 5.90. The first kappa shape index (κ1) is 16.5. The van der Waals surface area contributed by atoms with Crippen LogP contribution in [-0.2, 0) is 6.42 Å². The molecule has 0 saturated heterocycles. The van der Waals surface area contributed by atoms with Gasteiger partial charge in [-0.05, 0) is 35.1 Å². The molecule has 0 bridgehead atoms. The van der Waals surface area contributed by atoms with Crippen molar-refractivity contribution in [3.8, 4) is 0 Å². The molecule has 0 fully saturated rings. The van der Waals surface area contributed by atoms with E-state index >= 15 is 0 Å². The fourth-order valence-corrected chi connectivity index (χ4v) is 3.04.